The first-order valence-electron chi connectivity index (χ1n) is 5.14. The molecule has 98 valence electrons. The van der Waals surface area contributed by atoms with Gasteiger partial charge in [-0.2, -0.15) is 0 Å². The van der Waals surface area contributed by atoms with E-state index in [0.29, 0.717) is 18.1 Å². The minimum atomic E-state index is -1.02. The third kappa shape index (κ3) is 2.98. The van der Waals surface area contributed by atoms with E-state index in [1.54, 1.807) is 0 Å². The van der Waals surface area contributed by atoms with Gasteiger partial charge in [0.05, 0.1) is 20.8 Å². The number of carbonyl (C=O) groups is 2. The standard InChI is InChI=1S/C12H14O6/c1-16-10-3-8(5-13)4-11(17-2)12(10)18-9(6-14)7-15/h3-6,9,15H,7H2,1-2H3. The molecule has 1 unspecified atom stereocenters. The molecule has 0 spiro atoms. The van der Waals surface area contributed by atoms with Crippen LogP contribution in [0.4, 0.5) is 0 Å². The highest BCUT2D eigenvalue weighted by molar-refractivity contribution is 5.78. The Hall–Kier alpha value is -2.08. The van der Waals surface area contributed by atoms with Crippen molar-refractivity contribution < 1.29 is 28.9 Å². The molecule has 1 aromatic rings. The van der Waals surface area contributed by atoms with Crippen molar-refractivity contribution in [2.75, 3.05) is 20.8 Å². The summed E-state index contributed by atoms with van der Waals surface area (Å²) in [6.45, 7) is -0.467. The molecule has 1 rings (SSSR count). The molecule has 1 N–H and O–H groups in total. The predicted molar refractivity (Wildman–Crippen MR) is 62.5 cm³/mol. The lowest BCUT2D eigenvalue weighted by Crippen LogP contribution is -2.23. The summed E-state index contributed by atoms with van der Waals surface area (Å²) in [5.41, 5.74) is 0.350. The average Bonchev–Trinajstić information content (AvgIpc) is 2.43. The van der Waals surface area contributed by atoms with Crippen LogP contribution in [0.5, 0.6) is 17.2 Å². The third-order valence-corrected chi connectivity index (χ3v) is 2.22. The number of hydrogen-bond donors (Lipinski definition) is 1. The smallest absolute Gasteiger partial charge is 0.204 e. The van der Waals surface area contributed by atoms with Gasteiger partial charge in [-0.3, -0.25) is 9.59 Å². The highest BCUT2D eigenvalue weighted by Crippen LogP contribution is 2.38. The van der Waals surface area contributed by atoms with Crippen molar-refractivity contribution in [3.8, 4) is 17.2 Å². The van der Waals surface area contributed by atoms with E-state index < -0.39 is 12.7 Å². The number of aldehydes is 2. The van der Waals surface area contributed by atoms with Gasteiger partial charge in [-0.05, 0) is 12.1 Å². The first kappa shape index (κ1) is 14.0. The summed E-state index contributed by atoms with van der Waals surface area (Å²) >= 11 is 0. The molecule has 0 saturated heterocycles. The summed E-state index contributed by atoms with van der Waals surface area (Å²) in [5.74, 6) is 0.658. The molecule has 6 heteroatoms. The molecule has 0 aliphatic rings. The van der Waals surface area contributed by atoms with Crippen molar-refractivity contribution >= 4 is 12.6 Å². The van der Waals surface area contributed by atoms with Crippen molar-refractivity contribution in [1.82, 2.24) is 0 Å². The normalized spacial score (nSPS) is 11.5. The van der Waals surface area contributed by atoms with Gasteiger partial charge in [0.25, 0.3) is 0 Å². The topological polar surface area (TPSA) is 82.1 Å². The molecule has 0 bridgehead atoms. The second-order valence-corrected chi connectivity index (χ2v) is 3.35. The summed E-state index contributed by atoms with van der Waals surface area (Å²) in [5, 5.41) is 8.92. The van der Waals surface area contributed by atoms with Gasteiger partial charge < -0.3 is 19.3 Å². The lowest BCUT2D eigenvalue weighted by atomic mass is 10.2. The van der Waals surface area contributed by atoms with Crippen molar-refractivity contribution in [3.05, 3.63) is 17.7 Å². The Balaban J connectivity index is 3.21. The van der Waals surface area contributed by atoms with Gasteiger partial charge in [0.2, 0.25) is 5.75 Å². The fourth-order valence-corrected chi connectivity index (χ4v) is 1.34. The molecule has 1 aromatic carbocycles. The van der Waals surface area contributed by atoms with Crippen LogP contribution in [0.25, 0.3) is 0 Å². The van der Waals surface area contributed by atoms with E-state index in [1.165, 1.54) is 26.4 Å². The maximum absolute atomic E-state index is 10.7. The Kier molecular flexibility index (Phi) is 5.13. The lowest BCUT2D eigenvalue weighted by molar-refractivity contribution is -0.115. The first-order chi connectivity index (χ1) is 8.69. The van der Waals surface area contributed by atoms with Crippen molar-refractivity contribution in [2.45, 2.75) is 6.10 Å². The van der Waals surface area contributed by atoms with Gasteiger partial charge in [-0.15, -0.1) is 0 Å². The fraction of sp³-hybridized carbons (Fsp3) is 0.333. The second-order valence-electron chi connectivity index (χ2n) is 3.35. The number of ether oxygens (including phenoxy) is 3. The first-order valence-corrected chi connectivity index (χ1v) is 5.14. The third-order valence-electron chi connectivity index (χ3n) is 2.22. The number of rotatable bonds is 7. The van der Waals surface area contributed by atoms with Crippen LogP contribution in [-0.4, -0.2) is 44.6 Å². The highest BCUT2D eigenvalue weighted by Gasteiger charge is 2.18. The predicted octanol–water partition coefficient (Wildman–Crippen LogP) is 0.455. The number of carbonyl (C=O) groups excluding carboxylic acids is 2. The summed E-state index contributed by atoms with van der Waals surface area (Å²) < 4.78 is 15.4. The summed E-state index contributed by atoms with van der Waals surface area (Å²) in [6.07, 6.45) is 0.0831. The zero-order valence-electron chi connectivity index (χ0n) is 10.1. The van der Waals surface area contributed by atoms with E-state index in [9.17, 15) is 9.59 Å². The molecule has 0 aromatic heterocycles. The summed E-state index contributed by atoms with van der Waals surface area (Å²) in [4.78, 5) is 21.4. The van der Waals surface area contributed by atoms with E-state index in [0.717, 1.165) is 0 Å². The number of hydrogen-bond acceptors (Lipinski definition) is 6. The van der Waals surface area contributed by atoms with Crippen LogP contribution in [0.2, 0.25) is 0 Å². The quantitative estimate of drug-likeness (QED) is 0.712. The van der Waals surface area contributed by atoms with E-state index in [-0.39, 0.29) is 17.2 Å². The van der Waals surface area contributed by atoms with Crippen LogP contribution in [0, 0.1) is 0 Å². The van der Waals surface area contributed by atoms with E-state index in [1.807, 2.05) is 0 Å². The molecule has 0 radical (unpaired) electrons. The molecule has 0 aliphatic heterocycles. The lowest BCUT2D eigenvalue weighted by Gasteiger charge is -2.17. The van der Waals surface area contributed by atoms with Gasteiger partial charge in [-0.25, -0.2) is 0 Å². The second kappa shape index (κ2) is 6.61. The van der Waals surface area contributed by atoms with Crippen LogP contribution in [-0.2, 0) is 4.79 Å². The molecule has 6 nitrogen and oxygen atoms in total. The van der Waals surface area contributed by atoms with Gasteiger partial charge in [0.15, 0.2) is 23.9 Å². The Morgan fingerprint density at radius 3 is 2.11 bits per heavy atom. The summed E-state index contributed by atoms with van der Waals surface area (Å²) in [7, 11) is 2.79. The Bertz CT molecular complexity index is 404. The van der Waals surface area contributed by atoms with Crippen molar-refractivity contribution in [3.63, 3.8) is 0 Å². The molecule has 1 atom stereocenters. The monoisotopic (exact) mass is 254 g/mol. The molecule has 0 saturated carbocycles. The molecule has 0 aliphatic carbocycles. The van der Waals surface area contributed by atoms with Crippen LogP contribution in [0.3, 0.4) is 0 Å². The molecular weight excluding hydrogens is 240 g/mol. The average molecular weight is 254 g/mol. The molecule has 18 heavy (non-hydrogen) atoms. The van der Waals surface area contributed by atoms with Crippen molar-refractivity contribution in [2.24, 2.45) is 0 Å². The highest BCUT2D eigenvalue weighted by atomic mass is 16.5. The fourth-order valence-electron chi connectivity index (χ4n) is 1.34. The molecule has 0 fully saturated rings. The Morgan fingerprint density at radius 1 is 1.22 bits per heavy atom. The van der Waals surface area contributed by atoms with Crippen LogP contribution < -0.4 is 14.2 Å². The minimum Gasteiger partial charge on any atom is -0.493 e. The van der Waals surface area contributed by atoms with E-state index in [2.05, 4.69) is 0 Å². The Labute approximate surface area is 104 Å². The number of aliphatic hydroxyl groups excluding tert-OH is 1. The Morgan fingerprint density at radius 2 is 1.78 bits per heavy atom. The van der Waals surface area contributed by atoms with Gasteiger partial charge in [-0.1, -0.05) is 0 Å². The van der Waals surface area contributed by atoms with Crippen molar-refractivity contribution in [1.29, 1.82) is 0 Å². The zero-order valence-corrected chi connectivity index (χ0v) is 10.1. The number of benzene rings is 1. The molecular formula is C12H14O6. The largest absolute Gasteiger partial charge is 0.493 e. The van der Waals surface area contributed by atoms with Gasteiger partial charge >= 0.3 is 0 Å². The molecule has 0 amide bonds. The minimum absolute atomic E-state index is 0.164. The van der Waals surface area contributed by atoms with E-state index in [4.69, 9.17) is 19.3 Å². The van der Waals surface area contributed by atoms with Gasteiger partial charge in [0, 0.05) is 5.56 Å². The van der Waals surface area contributed by atoms with Crippen LogP contribution >= 0.6 is 0 Å². The molecule has 0 heterocycles. The maximum atomic E-state index is 10.7. The number of methoxy groups -OCH3 is 2. The summed E-state index contributed by atoms with van der Waals surface area (Å²) in [6, 6.07) is 2.90. The number of aliphatic hydroxyl groups is 1. The van der Waals surface area contributed by atoms with Gasteiger partial charge in [0.1, 0.15) is 6.29 Å². The van der Waals surface area contributed by atoms with Crippen LogP contribution in [0.15, 0.2) is 12.1 Å². The SMILES string of the molecule is COc1cc(C=O)cc(OC)c1OC(C=O)CO. The zero-order chi connectivity index (χ0) is 13.5. The van der Waals surface area contributed by atoms with E-state index >= 15 is 0 Å². The van der Waals surface area contributed by atoms with Crippen LogP contribution in [0.1, 0.15) is 10.4 Å². The maximum Gasteiger partial charge on any atom is 0.204 e.